The lowest BCUT2D eigenvalue weighted by Crippen LogP contribution is -2.33. The van der Waals surface area contributed by atoms with Gasteiger partial charge in [0.05, 0.1) is 7.11 Å². The maximum atomic E-state index is 5.32. The molecular weight excluding hydrogens is 302 g/mol. The topological polar surface area (TPSA) is 21.3 Å². The normalized spacial score (nSPS) is 14.2. The first-order valence-electron chi connectivity index (χ1n) is 7.07. The third-order valence-corrected chi connectivity index (χ3v) is 4.48. The summed E-state index contributed by atoms with van der Waals surface area (Å²) in [6.45, 7) is 8.97. The molecule has 0 aromatic heterocycles. The molecule has 1 atom stereocenters. The number of nitrogens with one attached hydrogen (secondary N) is 1. The van der Waals surface area contributed by atoms with Gasteiger partial charge < -0.3 is 10.1 Å². The molecule has 1 aromatic rings. The van der Waals surface area contributed by atoms with Crippen LogP contribution in [0.15, 0.2) is 22.7 Å². The second kappa shape index (κ2) is 7.91. The summed E-state index contributed by atoms with van der Waals surface area (Å²) in [6.07, 6.45) is 3.40. The van der Waals surface area contributed by atoms with Crippen molar-refractivity contribution >= 4 is 15.9 Å². The van der Waals surface area contributed by atoms with Gasteiger partial charge in [-0.1, -0.05) is 36.7 Å². The van der Waals surface area contributed by atoms with Gasteiger partial charge in [-0.25, -0.2) is 0 Å². The van der Waals surface area contributed by atoms with E-state index < -0.39 is 0 Å². The van der Waals surface area contributed by atoms with E-state index in [4.69, 9.17) is 4.74 Å². The van der Waals surface area contributed by atoms with Gasteiger partial charge in [0.15, 0.2) is 0 Å². The first-order valence-corrected chi connectivity index (χ1v) is 7.87. The fraction of sp³-hybridized carbons (Fsp3) is 0.625. The molecule has 0 heterocycles. The molecule has 1 N–H and O–H groups in total. The van der Waals surface area contributed by atoms with E-state index in [0.29, 0.717) is 0 Å². The first kappa shape index (κ1) is 16.5. The largest absolute Gasteiger partial charge is 0.497 e. The van der Waals surface area contributed by atoms with Gasteiger partial charge in [-0.2, -0.15) is 0 Å². The Hall–Kier alpha value is -0.540. The van der Waals surface area contributed by atoms with Crippen LogP contribution in [-0.4, -0.2) is 20.2 Å². The highest BCUT2D eigenvalue weighted by molar-refractivity contribution is 9.10. The number of ether oxygens (including phenoxy) is 1. The van der Waals surface area contributed by atoms with Crippen LogP contribution in [0.2, 0.25) is 0 Å². The van der Waals surface area contributed by atoms with Crippen molar-refractivity contribution in [2.75, 3.05) is 20.2 Å². The molecule has 0 aliphatic rings. The van der Waals surface area contributed by atoms with Gasteiger partial charge in [-0.15, -0.1) is 0 Å². The van der Waals surface area contributed by atoms with E-state index in [2.05, 4.69) is 54.2 Å². The van der Waals surface area contributed by atoms with Crippen LogP contribution in [0, 0.1) is 5.41 Å². The predicted octanol–water partition coefficient (Wildman–Crippen LogP) is 4.42. The summed E-state index contributed by atoms with van der Waals surface area (Å²) in [5.41, 5.74) is 1.60. The average Bonchev–Trinajstić information content (AvgIpc) is 2.41. The smallest absolute Gasteiger partial charge is 0.119 e. The van der Waals surface area contributed by atoms with Crippen molar-refractivity contribution < 1.29 is 4.74 Å². The molecule has 2 nitrogen and oxygen atoms in total. The van der Waals surface area contributed by atoms with Crippen LogP contribution in [0.5, 0.6) is 5.75 Å². The summed E-state index contributed by atoms with van der Waals surface area (Å²) >= 11 is 3.65. The van der Waals surface area contributed by atoms with E-state index in [0.717, 1.165) is 31.7 Å². The Labute approximate surface area is 126 Å². The standard InChI is InChI=1S/C16H26BrNO/c1-5-9-18-12-16(3,6-2)11-13-10-14(19-4)7-8-15(13)17/h7-8,10,18H,5-6,9,11-12H2,1-4H3. The molecule has 0 amide bonds. The van der Waals surface area contributed by atoms with Gasteiger partial charge in [0, 0.05) is 11.0 Å². The molecule has 0 bridgehead atoms. The van der Waals surface area contributed by atoms with Crippen LogP contribution in [-0.2, 0) is 6.42 Å². The summed E-state index contributed by atoms with van der Waals surface area (Å²) in [6, 6.07) is 6.20. The van der Waals surface area contributed by atoms with Crippen LogP contribution in [0.1, 0.15) is 39.2 Å². The molecule has 0 saturated carbocycles. The van der Waals surface area contributed by atoms with Crippen LogP contribution < -0.4 is 10.1 Å². The van der Waals surface area contributed by atoms with Crippen LogP contribution >= 0.6 is 15.9 Å². The maximum absolute atomic E-state index is 5.32. The molecular formula is C16H26BrNO. The minimum atomic E-state index is 0.282. The number of halogens is 1. The van der Waals surface area contributed by atoms with Crippen molar-refractivity contribution in [2.24, 2.45) is 5.41 Å². The lowest BCUT2D eigenvalue weighted by molar-refractivity contribution is 0.290. The molecule has 1 aromatic carbocycles. The number of rotatable bonds is 8. The van der Waals surface area contributed by atoms with Gasteiger partial charge in [0.1, 0.15) is 5.75 Å². The molecule has 0 radical (unpaired) electrons. The van der Waals surface area contributed by atoms with E-state index >= 15 is 0 Å². The highest BCUT2D eigenvalue weighted by atomic mass is 79.9. The van der Waals surface area contributed by atoms with E-state index in [1.807, 2.05) is 6.07 Å². The number of hydrogen-bond acceptors (Lipinski definition) is 2. The highest BCUT2D eigenvalue weighted by Crippen LogP contribution is 2.31. The summed E-state index contributed by atoms with van der Waals surface area (Å²) < 4.78 is 6.49. The Morgan fingerprint density at radius 1 is 1.32 bits per heavy atom. The monoisotopic (exact) mass is 327 g/mol. The second-order valence-corrected chi connectivity index (χ2v) is 6.33. The van der Waals surface area contributed by atoms with E-state index in [-0.39, 0.29) is 5.41 Å². The zero-order chi connectivity index (χ0) is 14.3. The van der Waals surface area contributed by atoms with Crippen molar-refractivity contribution in [1.82, 2.24) is 5.32 Å². The SMILES string of the molecule is CCCNCC(C)(CC)Cc1cc(OC)ccc1Br. The van der Waals surface area contributed by atoms with Crippen molar-refractivity contribution in [3.63, 3.8) is 0 Å². The molecule has 0 aliphatic heterocycles. The van der Waals surface area contributed by atoms with E-state index in [1.165, 1.54) is 16.5 Å². The Balaban J connectivity index is 2.78. The Bertz CT molecular complexity index is 394. The Morgan fingerprint density at radius 2 is 2.05 bits per heavy atom. The zero-order valence-corrected chi connectivity index (χ0v) is 14.1. The fourth-order valence-electron chi connectivity index (χ4n) is 2.15. The molecule has 19 heavy (non-hydrogen) atoms. The minimum absolute atomic E-state index is 0.282. The molecule has 1 rings (SSSR count). The molecule has 0 fully saturated rings. The van der Waals surface area contributed by atoms with Crippen LogP contribution in [0.3, 0.4) is 0 Å². The van der Waals surface area contributed by atoms with Crippen LogP contribution in [0.4, 0.5) is 0 Å². The molecule has 108 valence electrons. The zero-order valence-electron chi connectivity index (χ0n) is 12.6. The predicted molar refractivity (Wildman–Crippen MR) is 86.0 cm³/mol. The Kier molecular flexibility index (Phi) is 6.87. The van der Waals surface area contributed by atoms with Crippen LogP contribution in [0.25, 0.3) is 0 Å². The Morgan fingerprint density at radius 3 is 2.63 bits per heavy atom. The third kappa shape index (κ3) is 5.15. The van der Waals surface area contributed by atoms with Gasteiger partial charge in [0.25, 0.3) is 0 Å². The second-order valence-electron chi connectivity index (χ2n) is 5.48. The average molecular weight is 328 g/mol. The number of benzene rings is 1. The summed E-state index contributed by atoms with van der Waals surface area (Å²) in [5.74, 6) is 0.929. The van der Waals surface area contributed by atoms with E-state index in [1.54, 1.807) is 7.11 Å². The number of methoxy groups -OCH3 is 1. The number of hydrogen-bond donors (Lipinski definition) is 1. The highest BCUT2D eigenvalue weighted by Gasteiger charge is 2.23. The molecule has 0 spiro atoms. The summed E-state index contributed by atoms with van der Waals surface area (Å²) in [7, 11) is 1.72. The van der Waals surface area contributed by atoms with Crippen molar-refractivity contribution in [3.05, 3.63) is 28.2 Å². The van der Waals surface area contributed by atoms with Crippen molar-refractivity contribution in [1.29, 1.82) is 0 Å². The van der Waals surface area contributed by atoms with Gasteiger partial charge in [0.2, 0.25) is 0 Å². The van der Waals surface area contributed by atoms with Crippen molar-refractivity contribution in [3.8, 4) is 5.75 Å². The maximum Gasteiger partial charge on any atom is 0.119 e. The lowest BCUT2D eigenvalue weighted by atomic mass is 9.81. The molecule has 3 heteroatoms. The summed E-state index contributed by atoms with van der Waals surface area (Å²) in [4.78, 5) is 0. The lowest BCUT2D eigenvalue weighted by Gasteiger charge is -2.29. The van der Waals surface area contributed by atoms with E-state index in [9.17, 15) is 0 Å². The molecule has 0 saturated heterocycles. The molecule has 1 unspecified atom stereocenters. The summed E-state index contributed by atoms with van der Waals surface area (Å²) in [5, 5.41) is 3.55. The quantitative estimate of drug-likeness (QED) is 0.714. The third-order valence-electron chi connectivity index (χ3n) is 3.70. The first-order chi connectivity index (χ1) is 9.04. The fourth-order valence-corrected chi connectivity index (χ4v) is 2.54. The van der Waals surface area contributed by atoms with Gasteiger partial charge in [-0.05, 0) is 55.0 Å². The molecule has 0 aliphatic carbocycles. The van der Waals surface area contributed by atoms with Crippen molar-refractivity contribution in [2.45, 2.75) is 40.0 Å². The minimum Gasteiger partial charge on any atom is -0.497 e. The van der Waals surface area contributed by atoms with Gasteiger partial charge >= 0.3 is 0 Å². The van der Waals surface area contributed by atoms with Gasteiger partial charge in [-0.3, -0.25) is 0 Å².